The van der Waals surface area contributed by atoms with Gasteiger partial charge in [0.1, 0.15) is 12.1 Å². The average molecular weight is 289 g/mol. The van der Waals surface area contributed by atoms with E-state index in [0.29, 0.717) is 13.2 Å². The lowest BCUT2D eigenvalue weighted by atomic mass is 10.1. The summed E-state index contributed by atoms with van der Waals surface area (Å²) in [7, 11) is 1.50. The maximum Gasteiger partial charge on any atom is 0.419 e. The van der Waals surface area contributed by atoms with E-state index in [1.54, 1.807) is 0 Å². The van der Waals surface area contributed by atoms with Crippen LogP contribution in [0.15, 0.2) is 24.5 Å². The van der Waals surface area contributed by atoms with Gasteiger partial charge in [0.2, 0.25) is 0 Å². The van der Waals surface area contributed by atoms with Gasteiger partial charge in [-0.25, -0.2) is 4.39 Å². The molecule has 8 heteroatoms. The first-order chi connectivity index (χ1) is 9.43. The van der Waals surface area contributed by atoms with E-state index in [1.165, 1.54) is 24.1 Å². The Morgan fingerprint density at radius 2 is 2.05 bits per heavy atom. The van der Waals surface area contributed by atoms with E-state index in [9.17, 15) is 17.6 Å². The fraction of sp³-hybridized carbons (Fsp3) is 0.333. The number of ether oxygens (including phenoxy) is 1. The summed E-state index contributed by atoms with van der Waals surface area (Å²) in [6, 6.07) is 2.73. The minimum Gasteiger partial charge on any atom is -0.383 e. The van der Waals surface area contributed by atoms with Gasteiger partial charge in [-0.1, -0.05) is 0 Å². The normalized spacial score (nSPS) is 11.8. The first kappa shape index (κ1) is 14.4. The van der Waals surface area contributed by atoms with E-state index in [-0.39, 0.29) is 11.4 Å². The maximum atomic E-state index is 13.2. The molecule has 4 nitrogen and oxygen atoms in total. The molecule has 2 aromatic rings. The van der Waals surface area contributed by atoms with Crippen LogP contribution in [0.2, 0.25) is 0 Å². The second-order valence-electron chi connectivity index (χ2n) is 4.03. The van der Waals surface area contributed by atoms with Gasteiger partial charge in [0.25, 0.3) is 0 Å². The van der Waals surface area contributed by atoms with Gasteiger partial charge < -0.3 is 9.30 Å². The topological polar surface area (TPSA) is 39.9 Å². The van der Waals surface area contributed by atoms with Crippen molar-refractivity contribution in [3.05, 3.63) is 35.9 Å². The molecule has 1 aromatic carbocycles. The molecule has 0 spiro atoms. The molecule has 0 bridgehead atoms. The summed E-state index contributed by atoms with van der Waals surface area (Å²) in [4.78, 5) is 0. The Kier molecular flexibility index (Phi) is 4.03. The molecular weight excluding hydrogens is 278 g/mol. The standard InChI is InChI=1S/C12H11F4N3O/c1-20-5-4-19-7-17-18-11(19)8-2-3-10(13)9(6-8)12(14,15)16/h2-3,6-7H,4-5H2,1H3. The predicted octanol–water partition coefficient (Wildman–Crippen LogP) is 2.75. The van der Waals surface area contributed by atoms with Gasteiger partial charge in [-0.05, 0) is 18.2 Å². The van der Waals surface area contributed by atoms with E-state index in [1.807, 2.05) is 0 Å². The second-order valence-corrected chi connectivity index (χ2v) is 4.03. The lowest BCUT2D eigenvalue weighted by Crippen LogP contribution is -2.09. The molecule has 0 saturated carbocycles. The molecule has 0 saturated heterocycles. The van der Waals surface area contributed by atoms with E-state index < -0.39 is 17.6 Å². The van der Waals surface area contributed by atoms with Gasteiger partial charge in [-0.15, -0.1) is 10.2 Å². The third-order valence-corrected chi connectivity index (χ3v) is 2.68. The first-order valence-electron chi connectivity index (χ1n) is 5.67. The molecule has 20 heavy (non-hydrogen) atoms. The number of benzene rings is 1. The van der Waals surface area contributed by atoms with Crippen molar-refractivity contribution in [2.75, 3.05) is 13.7 Å². The predicted molar refractivity (Wildman–Crippen MR) is 62.3 cm³/mol. The fourth-order valence-corrected chi connectivity index (χ4v) is 1.71. The summed E-state index contributed by atoms with van der Waals surface area (Å²) in [5.41, 5.74) is -1.18. The van der Waals surface area contributed by atoms with Gasteiger partial charge in [-0.3, -0.25) is 0 Å². The summed E-state index contributed by atoms with van der Waals surface area (Å²) >= 11 is 0. The van der Waals surface area contributed by atoms with Crippen LogP contribution in [0.25, 0.3) is 11.4 Å². The number of hydrogen-bond acceptors (Lipinski definition) is 3. The Labute approximate surface area is 112 Å². The van der Waals surface area contributed by atoms with Gasteiger partial charge in [0.05, 0.1) is 12.2 Å². The number of nitrogens with zero attached hydrogens (tertiary/aromatic N) is 3. The van der Waals surface area contributed by atoms with Crippen LogP contribution in [-0.2, 0) is 17.5 Å². The molecule has 1 aromatic heterocycles. The number of methoxy groups -OCH3 is 1. The molecule has 108 valence electrons. The Morgan fingerprint density at radius 1 is 1.30 bits per heavy atom. The molecule has 0 aliphatic carbocycles. The van der Waals surface area contributed by atoms with Crippen LogP contribution in [0, 0.1) is 5.82 Å². The summed E-state index contributed by atoms with van der Waals surface area (Å²) in [5.74, 6) is -1.09. The van der Waals surface area contributed by atoms with Crippen LogP contribution in [-0.4, -0.2) is 28.5 Å². The lowest BCUT2D eigenvalue weighted by Gasteiger charge is -2.10. The highest BCUT2D eigenvalue weighted by atomic mass is 19.4. The van der Waals surface area contributed by atoms with E-state index >= 15 is 0 Å². The molecule has 1 heterocycles. The van der Waals surface area contributed by atoms with Crippen molar-refractivity contribution < 1.29 is 22.3 Å². The number of hydrogen-bond donors (Lipinski definition) is 0. The third kappa shape index (κ3) is 2.96. The highest BCUT2D eigenvalue weighted by Crippen LogP contribution is 2.33. The van der Waals surface area contributed by atoms with Crippen molar-refractivity contribution >= 4 is 0 Å². The number of aromatic nitrogens is 3. The lowest BCUT2D eigenvalue weighted by molar-refractivity contribution is -0.139. The fourth-order valence-electron chi connectivity index (χ4n) is 1.71. The van der Waals surface area contributed by atoms with Gasteiger partial charge in [-0.2, -0.15) is 13.2 Å². The molecule has 0 aliphatic rings. The highest BCUT2D eigenvalue weighted by molar-refractivity contribution is 5.56. The van der Waals surface area contributed by atoms with Crippen LogP contribution in [0.3, 0.4) is 0 Å². The van der Waals surface area contributed by atoms with Crippen molar-refractivity contribution in [2.45, 2.75) is 12.7 Å². The number of rotatable bonds is 4. The molecule has 0 N–H and O–H groups in total. The van der Waals surface area contributed by atoms with Crippen molar-refractivity contribution in [1.29, 1.82) is 0 Å². The molecular formula is C12H11F4N3O. The second kappa shape index (κ2) is 5.58. The quantitative estimate of drug-likeness (QED) is 0.813. The summed E-state index contributed by atoms with van der Waals surface area (Å²) in [6.45, 7) is 0.746. The zero-order valence-electron chi connectivity index (χ0n) is 10.5. The molecule has 2 rings (SSSR count). The molecule has 0 unspecified atom stereocenters. The average Bonchev–Trinajstić information content (AvgIpc) is 2.84. The number of alkyl halides is 3. The third-order valence-electron chi connectivity index (χ3n) is 2.68. The SMILES string of the molecule is COCCn1cnnc1-c1ccc(F)c(C(F)(F)F)c1. The highest BCUT2D eigenvalue weighted by Gasteiger charge is 2.34. The van der Waals surface area contributed by atoms with Crippen molar-refractivity contribution in [3.63, 3.8) is 0 Å². The van der Waals surface area contributed by atoms with E-state index in [2.05, 4.69) is 10.2 Å². The minimum atomic E-state index is -4.75. The van der Waals surface area contributed by atoms with Crippen LogP contribution < -0.4 is 0 Å². The minimum absolute atomic E-state index is 0.146. The smallest absolute Gasteiger partial charge is 0.383 e. The van der Waals surface area contributed by atoms with E-state index in [0.717, 1.165) is 12.1 Å². The first-order valence-corrected chi connectivity index (χ1v) is 5.67. The Hall–Kier alpha value is -1.96. The summed E-state index contributed by atoms with van der Waals surface area (Å²) < 4.78 is 57.7. The van der Waals surface area contributed by atoms with Crippen LogP contribution in [0.5, 0.6) is 0 Å². The van der Waals surface area contributed by atoms with Crippen molar-refractivity contribution in [2.24, 2.45) is 0 Å². The van der Waals surface area contributed by atoms with Crippen LogP contribution in [0.1, 0.15) is 5.56 Å². The zero-order chi connectivity index (χ0) is 14.8. The van der Waals surface area contributed by atoms with Crippen molar-refractivity contribution in [3.8, 4) is 11.4 Å². The number of halogens is 4. The Balaban J connectivity index is 2.41. The molecule has 0 fully saturated rings. The molecule has 0 aliphatic heterocycles. The summed E-state index contributed by atoms with van der Waals surface area (Å²) in [6.07, 6.45) is -3.37. The molecule has 0 atom stereocenters. The Bertz CT molecular complexity index is 595. The van der Waals surface area contributed by atoms with Crippen LogP contribution in [0.4, 0.5) is 17.6 Å². The van der Waals surface area contributed by atoms with Gasteiger partial charge >= 0.3 is 6.18 Å². The monoisotopic (exact) mass is 289 g/mol. The Morgan fingerprint density at radius 3 is 2.70 bits per heavy atom. The summed E-state index contributed by atoms with van der Waals surface area (Å²) in [5, 5.41) is 7.41. The van der Waals surface area contributed by atoms with Gasteiger partial charge in [0.15, 0.2) is 5.82 Å². The molecule has 0 radical (unpaired) electrons. The van der Waals surface area contributed by atoms with Gasteiger partial charge in [0, 0.05) is 19.2 Å². The van der Waals surface area contributed by atoms with E-state index in [4.69, 9.17) is 4.74 Å². The van der Waals surface area contributed by atoms with Crippen molar-refractivity contribution in [1.82, 2.24) is 14.8 Å². The van der Waals surface area contributed by atoms with Crippen LogP contribution >= 0.6 is 0 Å². The largest absolute Gasteiger partial charge is 0.419 e. The maximum absolute atomic E-state index is 13.2. The molecule has 0 amide bonds. The zero-order valence-corrected chi connectivity index (χ0v) is 10.5.